The highest BCUT2D eigenvalue weighted by Crippen LogP contribution is 2.25. The summed E-state index contributed by atoms with van der Waals surface area (Å²) >= 11 is 1.31. The van der Waals surface area contributed by atoms with E-state index in [9.17, 15) is 0 Å². The van der Waals surface area contributed by atoms with Gasteiger partial charge in [-0.1, -0.05) is 24.3 Å². The number of amidine groups is 1. The van der Waals surface area contributed by atoms with Crippen molar-refractivity contribution in [2.45, 2.75) is 10.2 Å². The summed E-state index contributed by atoms with van der Waals surface area (Å²) in [4.78, 5) is 4.29. The molecule has 0 spiro atoms. The summed E-state index contributed by atoms with van der Waals surface area (Å²) < 4.78 is 1.63. The second-order valence-corrected chi connectivity index (χ2v) is 5.07. The predicted molar refractivity (Wildman–Crippen MR) is 78.5 cm³/mol. The third kappa shape index (κ3) is 2.90. The zero-order chi connectivity index (χ0) is 14.7. The van der Waals surface area contributed by atoms with E-state index in [-0.39, 0.29) is 5.84 Å². The minimum Gasteiger partial charge on any atom is -0.382 e. The van der Waals surface area contributed by atoms with Gasteiger partial charge in [0.15, 0.2) is 0 Å². The molecule has 0 radical (unpaired) electrons. The number of hydrogen-bond acceptors (Lipinski definition) is 6. The van der Waals surface area contributed by atoms with Crippen LogP contribution in [0.5, 0.6) is 0 Å². The van der Waals surface area contributed by atoms with Crippen LogP contribution in [-0.2, 0) is 0 Å². The van der Waals surface area contributed by atoms with Crippen molar-refractivity contribution >= 4 is 17.6 Å². The third-order valence-corrected chi connectivity index (χ3v) is 3.51. The average molecular weight is 297 g/mol. The Morgan fingerprint density at radius 3 is 2.67 bits per heavy atom. The minimum atomic E-state index is -0.0694. The van der Waals surface area contributed by atoms with Gasteiger partial charge >= 0.3 is 0 Å². The van der Waals surface area contributed by atoms with Crippen LogP contribution in [0, 0.1) is 5.41 Å². The number of nitrogens with one attached hydrogen (secondary N) is 1. The number of hydrogen-bond donors (Lipinski definition) is 2. The van der Waals surface area contributed by atoms with Crippen molar-refractivity contribution in [2.24, 2.45) is 5.73 Å². The monoisotopic (exact) mass is 297 g/mol. The molecule has 0 aliphatic rings. The summed E-state index contributed by atoms with van der Waals surface area (Å²) in [5.41, 5.74) is 6.74. The summed E-state index contributed by atoms with van der Waals surface area (Å²) in [6, 6.07) is 14.9. The van der Waals surface area contributed by atoms with Crippen LogP contribution in [0.15, 0.2) is 58.7 Å². The van der Waals surface area contributed by atoms with Gasteiger partial charge in [-0.3, -0.25) is 5.41 Å². The number of rotatable bonds is 4. The van der Waals surface area contributed by atoms with Crippen molar-refractivity contribution in [3.05, 3.63) is 54.2 Å². The Labute approximate surface area is 124 Å². The maximum Gasteiger partial charge on any atom is 0.220 e. The normalized spacial score (nSPS) is 10.5. The van der Waals surface area contributed by atoms with E-state index in [4.69, 9.17) is 11.1 Å². The Kier molecular flexibility index (Phi) is 3.61. The summed E-state index contributed by atoms with van der Waals surface area (Å²) in [5.74, 6) is -0.0694. The zero-order valence-corrected chi connectivity index (χ0v) is 11.7. The van der Waals surface area contributed by atoms with E-state index in [0.717, 1.165) is 5.69 Å². The van der Waals surface area contributed by atoms with E-state index in [1.54, 1.807) is 16.8 Å². The molecule has 8 heteroatoms. The Morgan fingerprint density at radius 1 is 1.10 bits per heavy atom. The van der Waals surface area contributed by atoms with Crippen molar-refractivity contribution in [1.82, 2.24) is 25.2 Å². The molecule has 2 aromatic heterocycles. The van der Waals surface area contributed by atoms with Gasteiger partial charge in [0.2, 0.25) is 5.16 Å². The molecule has 0 amide bonds. The molecule has 0 saturated heterocycles. The standard InChI is InChI=1S/C13H11N7S/c14-12(15)10-7-4-8-11(16-10)21-13-17-18-19-20(13)9-5-2-1-3-6-9/h1-8H,(H3,14,15). The highest BCUT2D eigenvalue weighted by atomic mass is 32.2. The second kappa shape index (κ2) is 5.71. The number of benzene rings is 1. The summed E-state index contributed by atoms with van der Waals surface area (Å²) in [6.45, 7) is 0. The second-order valence-electron chi connectivity index (χ2n) is 4.09. The Balaban J connectivity index is 1.92. The van der Waals surface area contributed by atoms with Crippen LogP contribution in [0.25, 0.3) is 5.69 Å². The molecule has 104 valence electrons. The molecule has 7 nitrogen and oxygen atoms in total. The number of nitrogen functional groups attached to an aromatic ring is 1. The molecule has 0 saturated carbocycles. The van der Waals surface area contributed by atoms with Crippen LogP contribution in [0.1, 0.15) is 5.69 Å². The van der Waals surface area contributed by atoms with Crippen molar-refractivity contribution < 1.29 is 0 Å². The molecule has 0 atom stereocenters. The fourth-order valence-electron chi connectivity index (χ4n) is 1.69. The Hall–Kier alpha value is -2.74. The van der Waals surface area contributed by atoms with Crippen molar-refractivity contribution in [1.29, 1.82) is 5.41 Å². The van der Waals surface area contributed by atoms with Crippen molar-refractivity contribution in [3.8, 4) is 5.69 Å². The van der Waals surface area contributed by atoms with E-state index in [2.05, 4.69) is 20.5 Å². The van der Waals surface area contributed by atoms with Gasteiger partial charge in [0.1, 0.15) is 16.6 Å². The first-order valence-corrected chi connectivity index (χ1v) is 6.89. The van der Waals surface area contributed by atoms with Gasteiger partial charge in [0, 0.05) is 0 Å². The first kappa shape index (κ1) is 13.3. The molecule has 3 N–H and O–H groups in total. The summed E-state index contributed by atoms with van der Waals surface area (Å²) in [6.07, 6.45) is 0. The maximum absolute atomic E-state index is 7.42. The van der Waals surface area contributed by atoms with Crippen molar-refractivity contribution in [3.63, 3.8) is 0 Å². The summed E-state index contributed by atoms with van der Waals surface area (Å²) in [7, 11) is 0. The van der Waals surface area contributed by atoms with Crippen molar-refractivity contribution in [2.75, 3.05) is 0 Å². The van der Waals surface area contributed by atoms with E-state index in [0.29, 0.717) is 15.9 Å². The number of tetrazole rings is 1. The van der Waals surface area contributed by atoms with E-state index < -0.39 is 0 Å². The van der Waals surface area contributed by atoms with Gasteiger partial charge in [0.05, 0.1) is 5.69 Å². The maximum atomic E-state index is 7.42. The number of pyridine rings is 1. The highest BCUT2D eigenvalue weighted by molar-refractivity contribution is 7.99. The molecule has 0 aliphatic carbocycles. The average Bonchev–Trinajstić information content (AvgIpc) is 2.96. The van der Waals surface area contributed by atoms with Gasteiger partial charge < -0.3 is 5.73 Å². The highest BCUT2D eigenvalue weighted by Gasteiger charge is 2.11. The van der Waals surface area contributed by atoms with E-state index in [1.165, 1.54) is 11.8 Å². The first-order chi connectivity index (χ1) is 10.2. The van der Waals surface area contributed by atoms with Crippen LogP contribution in [-0.4, -0.2) is 31.0 Å². The quantitative estimate of drug-likeness (QED) is 0.558. The molecule has 2 heterocycles. The number of para-hydroxylation sites is 1. The molecule has 0 unspecified atom stereocenters. The van der Waals surface area contributed by atoms with Crippen LogP contribution in [0.2, 0.25) is 0 Å². The SMILES string of the molecule is N=C(N)c1cccc(Sc2nnnn2-c2ccccc2)n1. The van der Waals surface area contributed by atoms with Gasteiger partial charge in [-0.2, -0.15) is 4.68 Å². The van der Waals surface area contributed by atoms with E-state index >= 15 is 0 Å². The molecule has 0 fully saturated rings. The number of aromatic nitrogens is 5. The lowest BCUT2D eigenvalue weighted by Gasteiger charge is -2.04. The third-order valence-electron chi connectivity index (χ3n) is 2.64. The topological polar surface area (TPSA) is 106 Å². The fraction of sp³-hybridized carbons (Fsp3) is 0. The van der Waals surface area contributed by atoms with Gasteiger partial charge in [-0.05, 0) is 46.5 Å². The Bertz CT molecular complexity index is 769. The smallest absolute Gasteiger partial charge is 0.220 e. The Morgan fingerprint density at radius 2 is 1.90 bits per heavy atom. The molecule has 3 aromatic rings. The molecular weight excluding hydrogens is 286 g/mol. The fourth-order valence-corrected chi connectivity index (χ4v) is 2.47. The number of nitrogens with two attached hydrogens (primary N) is 1. The molecule has 1 aromatic carbocycles. The lowest BCUT2D eigenvalue weighted by Crippen LogP contribution is -2.13. The minimum absolute atomic E-state index is 0.0694. The first-order valence-electron chi connectivity index (χ1n) is 6.07. The molecule has 3 rings (SSSR count). The van der Waals surface area contributed by atoms with Crippen LogP contribution in [0.3, 0.4) is 0 Å². The van der Waals surface area contributed by atoms with Gasteiger partial charge in [0.25, 0.3) is 0 Å². The van der Waals surface area contributed by atoms with Gasteiger partial charge in [-0.25, -0.2) is 4.98 Å². The van der Waals surface area contributed by atoms with Crippen LogP contribution >= 0.6 is 11.8 Å². The molecule has 0 aliphatic heterocycles. The largest absolute Gasteiger partial charge is 0.382 e. The lowest BCUT2D eigenvalue weighted by atomic mass is 10.3. The predicted octanol–water partition coefficient (Wildman–Crippen LogP) is 1.49. The molecule has 21 heavy (non-hydrogen) atoms. The summed E-state index contributed by atoms with van der Waals surface area (Å²) in [5, 5.41) is 20.4. The van der Waals surface area contributed by atoms with Crippen LogP contribution < -0.4 is 5.73 Å². The van der Waals surface area contributed by atoms with Crippen LogP contribution in [0.4, 0.5) is 0 Å². The molecule has 0 bridgehead atoms. The van der Waals surface area contributed by atoms with Gasteiger partial charge in [-0.15, -0.1) is 5.10 Å². The van der Waals surface area contributed by atoms with E-state index in [1.807, 2.05) is 36.4 Å². The molecular formula is C13H11N7S. The lowest BCUT2D eigenvalue weighted by molar-refractivity contribution is 0.756. The zero-order valence-electron chi connectivity index (χ0n) is 10.8. The number of nitrogens with zero attached hydrogens (tertiary/aromatic N) is 5.